The van der Waals surface area contributed by atoms with Gasteiger partial charge in [0.25, 0.3) is 5.91 Å². The van der Waals surface area contributed by atoms with Gasteiger partial charge in [-0.2, -0.15) is 0 Å². The third-order valence-corrected chi connectivity index (χ3v) is 2.03. The summed E-state index contributed by atoms with van der Waals surface area (Å²) < 4.78 is 0. The van der Waals surface area contributed by atoms with E-state index in [0.717, 1.165) is 22.6 Å². The number of nitrogens with two attached hydrogens (primary N) is 1. The van der Waals surface area contributed by atoms with Crippen molar-refractivity contribution in [3.05, 3.63) is 34.3 Å². The van der Waals surface area contributed by atoms with Crippen molar-refractivity contribution in [3.8, 4) is 0 Å². The minimum atomic E-state index is -0.167. The van der Waals surface area contributed by atoms with Crippen LogP contribution in [0.1, 0.15) is 5.56 Å². The first-order chi connectivity index (χ1) is 6.29. The van der Waals surface area contributed by atoms with Gasteiger partial charge in [-0.15, -0.1) is 0 Å². The number of nitrogens with zero attached hydrogens (tertiary/aromatic N) is 1. The van der Waals surface area contributed by atoms with Crippen LogP contribution >= 0.6 is 0 Å². The van der Waals surface area contributed by atoms with Crippen molar-refractivity contribution in [1.29, 1.82) is 0 Å². The van der Waals surface area contributed by atoms with Gasteiger partial charge >= 0.3 is 0 Å². The maximum Gasteiger partial charge on any atom is 0.270 e. The molecule has 1 aromatic carbocycles. The molecule has 2 rings (SSSR count). The third kappa shape index (κ3) is 1.51. The third-order valence-electron chi connectivity index (χ3n) is 2.03. The Hall–Kier alpha value is -1.48. The van der Waals surface area contributed by atoms with Crippen molar-refractivity contribution in [2.24, 2.45) is 10.7 Å². The quantitative estimate of drug-likeness (QED) is 0.633. The molecular weight excluding hydrogens is 164 g/mol. The first-order valence-electron chi connectivity index (χ1n) is 4.23. The van der Waals surface area contributed by atoms with Crippen LogP contribution in [0.2, 0.25) is 0 Å². The number of benzene rings is 1. The van der Waals surface area contributed by atoms with E-state index in [-0.39, 0.29) is 5.91 Å². The molecule has 3 heteroatoms. The fourth-order valence-corrected chi connectivity index (χ4v) is 1.43. The van der Waals surface area contributed by atoms with Crippen molar-refractivity contribution in [2.75, 3.05) is 6.54 Å². The van der Waals surface area contributed by atoms with Gasteiger partial charge in [-0.25, -0.2) is 4.99 Å². The highest BCUT2D eigenvalue weighted by atomic mass is 16.1. The fraction of sp³-hybridized carbons (Fsp3) is 0.200. The highest BCUT2D eigenvalue weighted by Gasteiger charge is 2.02. The predicted molar refractivity (Wildman–Crippen MR) is 49.5 cm³/mol. The Labute approximate surface area is 75.6 Å². The smallest absolute Gasteiger partial charge is 0.270 e. The van der Waals surface area contributed by atoms with E-state index in [1.165, 1.54) is 0 Å². The number of fused-ring (bicyclic) bond motifs is 1. The molecule has 66 valence electrons. The lowest BCUT2D eigenvalue weighted by Crippen LogP contribution is -2.22. The molecule has 0 aliphatic carbocycles. The predicted octanol–water partition coefficient (Wildman–Crippen LogP) is -0.872. The molecule has 0 fully saturated rings. The van der Waals surface area contributed by atoms with Crippen molar-refractivity contribution >= 4 is 12.0 Å². The topological polar surface area (TPSA) is 55.5 Å². The summed E-state index contributed by atoms with van der Waals surface area (Å²) in [5.74, 6) is -0.167. The lowest BCUT2D eigenvalue weighted by molar-refractivity contribution is -0.112. The van der Waals surface area contributed by atoms with Gasteiger partial charge in [-0.1, -0.05) is 6.07 Å². The molecule has 0 spiro atoms. The fourth-order valence-electron chi connectivity index (χ4n) is 1.43. The second kappa shape index (κ2) is 3.11. The number of carbonyl (C=O) groups excluding carboxylic acids is 1. The zero-order valence-corrected chi connectivity index (χ0v) is 7.16. The summed E-state index contributed by atoms with van der Waals surface area (Å²) in [6.45, 7) is 0.629. The molecule has 13 heavy (non-hydrogen) atoms. The molecule has 2 N–H and O–H groups in total. The van der Waals surface area contributed by atoms with E-state index in [9.17, 15) is 4.79 Å². The average molecular weight is 174 g/mol. The second-order valence-corrected chi connectivity index (χ2v) is 3.03. The van der Waals surface area contributed by atoms with Crippen LogP contribution < -0.4 is 16.3 Å². The van der Waals surface area contributed by atoms with E-state index in [1.54, 1.807) is 6.08 Å². The highest BCUT2D eigenvalue weighted by Crippen LogP contribution is 1.94. The zero-order valence-electron chi connectivity index (χ0n) is 7.16. The van der Waals surface area contributed by atoms with E-state index >= 15 is 0 Å². The van der Waals surface area contributed by atoms with Crippen LogP contribution in [0, 0.1) is 0 Å². The molecule has 1 aliphatic rings. The van der Waals surface area contributed by atoms with E-state index in [1.807, 2.05) is 18.2 Å². The summed E-state index contributed by atoms with van der Waals surface area (Å²) in [5.41, 5.74) is 6.59. The minimum Gasteiger partial charge on any atom is -0.330 e. The van der Waals surface area contributed by atoms with Crippen LogP contribution in [0.4, 0.5) is 0 Å². The van der Waals surface area contributed by atoms with Crippen molar-refractivity contribution in [2.45, 2.75) is 6.42 Å². The Morgan fingerprint density at radius 3 is 3.00 bits per heavy atom. The summed E-state index contributed by atoms with van der Waals surface area (Å²) >= 11 is 0. The van der Waals surface area contributed by atoms with Crippen molar-refractivity contribution < 1.29 is 4.79 Å². The van der Waals surface area contributed by atoms with Crippen LogP contribution in [0.15, 0.2) is 23.2 Å². The Morgan fingerprint density at radius 2 is 2.23 bits per heavy atom. The number of hydrogen-bond acceptors (Lipinski definition) is 2. The van der Waals surface area contributed by atoms with Gasteiger partial charge in [-0.05, 0) is 30.7 Å². The summed E-state index contributed by atoms with van der Waals surface area (Å²) in [6.07, 6.45) is 2.39. The molecule has 0 atom stereocenters. The Balaban J connectivity index is 2.53. The molecule has 0 unspecified atom stereocenters. The van der Waals surface area contributed by atoms with E-state index in [4.69, 9.17) is 5.73 Å². The number of hydrogen-bond donors (Lipinski definition) is 1. The lowest BCUT2D eigenvalue weighted by Gasteiger charge is -1.95. The molecule has 1 aliphatic heterocycles. The maximum absolute atomic E-state index is 10.9. The summed E-state index contributed by atoms with van der Waals surface area (Å²) in [7, 11) is 0. The van der Waals surface area contributed by atoms with Crippen LogP contribution in [0.25, 0.3) is 6.08 Å². The first-order valence-corrected chi connectivity index (χ1v) is 4.23. The molecule has 3 nitrogen and oxygen atoms in total. The van der Waals surface area contributed by atoms with Crippen molar-refractivity contribution in [1.82, 2.24) is 0 Å². The van der Waals surface area contributed by atoms with Crippen LogP contribution in [-0.2, 0) is 11.2 Å². The molecule has 1 aromatic rings. The summed E-state index contributed by atoms with van der Waals surface area (Å²) in [4.78, 5) is 14.7. The van der Waals surface area contributed by atoms with Crippen LogP contribution in [-0.4, -0.2) is 12.5 Å². The number of carbonyl (C=O) groups is 1. The van der Waals surface area contributed by atoms with Gasteiger partial charge in [0.15, 0.2) is 0 Å². The van der Waals surface area contributed by atoms with Gasteiger partial charge < -0.3 is 5.73 Å². The van der Waals surface area contributed by atoms with Gasteiger partial charge in [0.05, 0.1) is 5.36 Å². The minimum absolute atomic E-state index is 0.167. The lowest BCUT2D eigenvalue weighted by atomic mass is 10.1. The maximum atomic E-state index is 10.9. The molecule has 1 amide bonds. The Kier molecular flexibility index (Phi) is 1.94. The van der Waals surface area contributed by atoms with Gasteiger partial charge in [0.2, 0.25) is 0 Å². The molecule has 0 bridgehead atoms. The zero-order chi connectivity index (χ0) is 9.26. The number of amides is 1. The molecule has 0 saturated carbocycles. The highest BCUT2D eigenvalue weighted by molar-refractivity contribution is 6.06. The Bertz CT molecular complexity index is 462. The van der Waals surface area contributed by atoms with E-state index < -0.39 is 0 Å². The average Bonchev–Trinajstić information content (AvgIpc) is 2.44. The van der Waals surface area contributed by atoms with Gasteiger partial charge in [0, 0.05) is 11.3 Å². The summed E-state index contributed by atoms with van der Waals surface area (Å²) in [5, 5.41) is 1.68. The van der Waals surface area contributed by atoms with Crippen LogP contribution in [0.5, 0.6) is 0 Å². The molecule has 0 radical (unpaired) electrons. The molecule has 0 aromatic heterocycles. The monoisotopic (exact) mass is 174 g/mol. The summed E-state index contributed by atoms with van der Waals surface area (Å²) in [6, 6.07) is 5.79. The Morgan fingerprint density at radius 1 is 1.38 bits per heavy atom. The standard InChI is InChI=1S/C10H10N2O/c11-4-3-7-1-2-9-8(5-7)6-10(13)12-9/h1-2,5-6H,3-4,11H2. The molecule has 0 saturated heterocycles. The van der Waals surface area contributed by atoms with Crippen molar-refractivity contribution in [3.63, 3.8) is 0 Å². The van der Waals surface area contributed by atoms with Crippen LogP contribution in [0.3, 0.4) is 0 Å². The first kappa shape index (κ1) is 8.13. The van der Waals surface area contributed by atoms with E-state index in [0.29, 0.717) is 6.54 Å². The largest absolute Gasteiger partial charge is 0.330 e. The SMILES string of the molecule is NCCc1ccc2c(c1)=CC(=O)N=2. The van der Waals surface area contributed by atoms with E-state index in [2.05, 4.69) is 4.99 Å². The van der Waals surface area contributed by atoms with Gasteiger partial charge in [0.1, 0.15) is 0 Å². The molecule has 1 heterocycles. The van der Waals surface area contributed by atoms with Gasteiger partial charge in [-0.3, -0.25) is 4.79 Å². The molecular formula is C10H10N2O. The second-order valence-electron chi connectivity index (χ2n) is 3.03. The normalized spacial score (nSPS) is 13.5. The number of rotatable bonds is 2.